The maximum absolute atomic E-state index is 11.9. The molecule has 1 unspecified atom stereocenters. The molecule has 0 aromatic rings. The van der Waals surface area contributed by atoms with Crippen LogP contribution in [0.15, 0.2) is 0 Å². The van der Waals surface area contributed by atoms with E-state index >= 15 is 0 Å². The molecular weight excluding hydrogens is 284 g/mol. The minimum Gasteiger partial charge on any atom is -0.481 e. The van der Waals surface area contributed by atoms with Crippen LogP contribution < -0.4 is 5.32 Å². The molecule has 1 aliphatic rings. The molecule has 8 heteroatoms. The summed E-state index contributed by atoms with van der Waals surface area (Å²) in [6.45, 7) is 5.75. The van der Waals surface area contributed by atoms with Crippen molar-refractivity contribution in [2.75, 3.05) is 24.6 Å². The highest BCUT2D eigenvalue weighted by Crippen LogP contribution is 2.15. The van der Waals surface area contributed by atoms with Gasteiger partial charge in [-0.1, -0.05) is 0 Å². The van der Waals surface area contributed by atoms with Crippen molar-refractivity contribution < 1.29 is 23.1 Å². The van der Waals surface area contributed by atoms with Gasteiger partial charge in [-0.05, 0) is 20.8 Å². The molecule has 0 saturated carbocycles. The molecular formula is C12H22N2O5S. The number of nitrogens with zero attached hydrogens (tertiary/aromatic N) is 1. The molecule has 20 heavy (non-hydrogen) atoms. The van der Waals surface area contributed by atoms with Crippen LogP contribution in [-0.4, -0.2) is 66.5 Å². The van der Waals surface area contributed by atoms with E-state index < -0.39 is 21.8 Å². The highest BCUT2D eigenvalue weighted by Gasteiger charge is 2.33. The molecule has 0 aromatic heterocycles. The third-order valence-corrected chi connectivity index (χ3v) is 4.62. The molecule has 2 N–H and O–H groups in total. The number of carboxylic acid groups (broad SMARTS) is 1. The Balaban J connectivity index is 2.71. The first-order valence-electron chi connectivity index (χ1n) is 6.46. The predicted octanol–water partition coefficient (Wildman–Crippen LogP) is -0.525. The molecule has 1 heterocycles. The first kappa shape index (κ1) is 16.9. The second-order valence-corrected chi connectivity index (χ2v) is 8.36. The largest absolute Gasteiger partial charge is 0.481 e. The molecule has 7 nitrogen and oxygen atoms in total. The third kappa shape index (κ3) is 5.87. The van der Waals surface area contributed by atoms with E-state index in [0.29, 0.717) is 0 Å². The average molecular weight is 306 g/mol. The van der Waals surface area contributed by atoms with Crippen LogP contribution in [0.3, 0.4) is 0 Å². The Bertz CT molecular complexity index is 481. The zero-order valence-electron chi connectivity index (χ0n) is 12.0. The van der Waals surface area contributed by atoms with Gasteiger partial charge in [0.2, 0.25) is 5.91 Å². The summed E-state index contributed by atoms with van der Waals surface area (Å²) in [5.41, 5.74) is -0.374. The second-order valence-electron chi connectivity index (χ2n) is 6.13. The van der Waals surface area contributed by atoms with Gasteiger partial charge in [0.1, 0.15) is 0 Å². The predicted molar refractivity (Wildman–Crippen MR) is 74.2 cm³/mol. The van der Waals surface area contributed by atoms with Gasteiger partial charge < -0.3 is 10.4 Å². The number of amides is 1. The first-order chi connectivity index (χ1) is 8.98. The standard InChI is InChI=1S/C12H22N2O5S/c1-12(2,3)13-10(15)7-14-4-5-20(18,19)8-9(14)6-11(16)17/h9H,4-8H2,1-3H3,(H,13,15)(H,16,17). The van der Waals surface area contributed by atoms with Crippen molar-refractivity contribution in [1.82, 2.24) is 10.2 Å². The molecule has 1 fully saturated rings. The smallest absolute Gasteiger partial charge is 0.304 e. The lowest BCUT2D eigenvalue weighted by atomic mass is 10.1. The van der Waals surface area contributed by atoms with Gasteiger partial charge in [0.05, 0.1) is 24.5 Å². The highest BCUT2D eigenvalue weighted by molar-refractivity contribution is 7.91. The van der Waals surface area contributed by atoms with Crippen LogP contribution in [0.2, 0.25) is 0 Å². The summed E-state index contributed by atoms with van der Waals surface area (Å²) < 4.78 is 23.2. The lowest BCUT2D eigenvalue weighted by Gasteiger charge is -2.34. The van der Waals surface area contributed by atoms with E-state index in [1.54, 1.807) is 4.90 Å². The number of rotatable bonds is 4. The summed E-state index contributed by atoms with van der Waals surface area (Å²) in [4.78, 5) is 24.3. The maximum atomic E-state index is 11.9. The van der Waals surface area contributed by atoms with E-state index in [-0.39, 0.29) is 42.5 Å². The summed E-state index contributed by atoms with van der Waals surface area (Å²) in [6.07, 6.45) is -0.276. The molecule has 0 radical (unpaired) electrons. The van der Waals surface area contributed by atoms with E-state index in [9.17, 15) is 18.0 Å². The van der Waals surface area contributed by atoms with E-state index in [4.69, 9.17) is 5.11 Å². The minimum atomic E-state index is -3.22. The zero-order chi connectivity index (χ0) is 15.6. The summed E-state index contributed by atoms with van der Waals surface area (Å²) in [6, 6.07) is -0.642. The molecule has 1 atom stereocenters. The molecule has 116 valence electrons. The van der Waals surface area contributed by atoms with E-state index in [1.807, 2.05) is 20.8 Å². The van der Waals surface area contributed by atoms with Crippen LogP contribution in [0.25, 0.3) is 0 Å². The lowest BCUT2D eigenvalue weighted by molar-refractivity contribution is -0.139. The van der Waals surface area contributed by atoms with Crippen LogP contribution in [0.5, 0.6) is 0 Å². The third-order valence-electron chi connectivity index (χ3n) is 2.92. The van der Waals surface area contributed by atoms with Gasteiger partial charge >= 0.3 is 5.97 Å². The first-order valence-corrected chi connectivity index (χ1v) is 8.28. The average Bonchev–Trinajstić information content (AvgIpc) is 2.18. The molecule has 0 spiro atoms. The van der Waals surface area contributed by atoms with Gasteiger partial charge in [-0.25, -0.2) is 8.42 Å². The normalized spacial score (nSPS) is 23.2. The fourth-order valence-corrected chi connectivity index (χ4v) is 3.76. The second kappa shape index (κ2) is 6.09. The number of sulfone groups is 1. The van der Waals surface area contributed by atoms with Gasteiger partial charge in [0.25, 0.3) is 0 Å². The summed E-state index contributed by atoms with van der Waals surface area (Å²) in [5.74, 6) is -1.53. The fraction of sp³-hybridized carbons (Fsp3) is 0.833. The number of carboxylic acids is 1. The Morgan fingerprint density at radius 2 is 1.95 bits per heavy atom. The number of hydrogen-bond acceptors (Lipinski definition) is 5. The van der Waals surface area contributed by atoms with Crippen molar-refractivity contribution in [3.8, 4) is 0 Å². The zero-order valence-corrected chi connectivity index (χ0v) is 12.9. The van der Waals surface area contributed by atoms with Crippen LogP contribution in [-0.2, 0) is 19.4 Å². The number of carbonyl (C=O) groups excluding carboxylic acids is 1. The SMILES string of the molecule is CC(C)(C)NC(=O)CN1CCS(=O)(=O)CC1CC(=O)O. The lowest BCUT2D eigenvalue weighted by Crippen LogP contribution is -2.54. The number of nitrogens with one attached hydrogen (secondary N) is 1. The van der Waals surface area contributed by atoms with Crippen LogP contribution in [0.1, 0.15) is 27.2 Å². The molecule has 0 aromatic carbocycles. The van der Waals surface area contributed by atoms with Crippen LogP contribution in [0, 0.1) is 0 Å². The van der Waals surface area contributed by atoms with E-state index in [0.717, 1.165) is 0 Å². The van der Waals surface area contributed by atoms with Gasteiger partial charge in [0.15, 0.2) is 9.84 Å². The minimum absolute atomic E-state index is 0.0186. The number of hydrogen-bond donors (Lipinski definition) is 2. The Labute approximate surface area is 119 Å². The van der Waals surface area contributed by atoms with E-state index in [1.165, 1.54) is 0 Å². The molecule has 1 amide bonds. The number of aliphatic carboxylic acids is 1. The van der Waals surface area contributed by atoms with Crippen LogP contribution >= 0.6 is 0 Å². The molecule has 1 rings (SSSR count). The molecule has 0 aliphatic carbocycles. The topological polar surface area (TPSA) is 104 Å². The quantitative estimate of drug-likeness (QED) is 0.724. The maximum Gasteiger partial charge on any atom is 0.304 e. The van der Waals surface area contributed by atoms with Crippen molar-refractivity contribution in [3.05, 3.63) is 0 Å². The van der Waals surface area contributed by atoms with Gasteiger partial charge in [0, 0.05) is 18.1 Å². The Hall–Kier alpha value is -1.15. The van der Waals surface area contributed by atoms with Gasteiger partial charge in [-0.2, -0.15) is 0 Å². The molecule has 1 saturated heterocycles. The Kier molecular flexibility index (Phi) is 5.15. The summed E-state index contributed by atoms with van der Waals surface area (Å²) in [7, 11) is -3.22. The van der Waals surface area contributed by atoms with Crippen molar-refractivity contribution in [2.45, 2.75) is 38.8 Å². The Morgan fingerprint density at radius 1 is 1.35 bits per heavy atom. The van der Waals surface area contributed by atoms with Crippen LogP contribution in [0.4, 0.5) is 0 Å². The molecule has 0 bridgehead atoms. The van der Waals surface area contributed by atoms with Gasteiger partial charge in [-0.15, -0.1) is 0 Å². The highest BCUT2D eigenvalue weighted by atomic mass is 32.2. The molecule has 1 aliphatic heterocycles. The van der Waals surface area contributed by atoms with Crippen molar-refractivity contribution in [3.63, 3.8) is 0 Å². The van der Waals surface area contributed by atoms with Gasteiger partial charge in [-0.3, -0.25) is 14.5 Å². The number of carbonyl (C=O) groups is 2. The summed E-state index contributed by atoms with van der Waals surface area (Å²) >= 11 is 0. The van der Waals surface area contributed by atoms with Crippen molar-refractivity contribution in [1.29, 1.82) is 0 Å². The van der Waals surface area contributed by atoms with Crippen molar-refractivity contribution >= 4 is 21.7 Å². The monoisotopic (exact) mass is 306 g/mol. The van der Waals surface area contributed by atoms with E-state index in [2.05, 4.69) is 5.32 Å². The fourth-order valence-electron chi connectivity index (χ4n) is 2.16. The Morgan fingerprint density at radius 3 is 2.45 bits per heavy atom. The van der Waals surface area contributed by atoms with Crippen molar-refractivity contribution in [2.24, 2.45) is 0 Å². The summed E-state index contributed by atoms with van der Waals surface area (Å²) in [5, 5.41) is 11.6.